The molecule has 0 aliphatic rings. The molecule has 0 radical (unpaired) electrons. The fourth-order valence-corrected chi connectivity index (χ4v) is 2.16. The van der Waals surface area contributed by atoms with E-state index in [9.17, 15) is 4.39 Å². The van der Waals surface area contributed by atoms with Crippen LogP contribution < -0.4 is 5.32 Å². The molecule has 94 valence electrons. The van der Waals surface area contributed by atoms with Gasteiger partial charge in [0.05, 0.1) is 0 Å². The summed E-state index contributed by atoms with van der Waals surface area (Å²) in [5, 5.41) is 3.87. The Morgan fingerprint density at radius 1 is 1.53 bits per heavy atom. The van der Waals surface area contributed by atoms with E-state index in [2.05, 4.69) is 18.8 Å². The van der Waals surface area contributed by atoms with Gasteiger partial charge in [-0.2, -0.15) is 0 Å². The zero-order valence-electron chi connectivity index (χ0n) is 10.2. The number of hydrogen-bond donors (Lipinski definition) is 1. The Balaban J connectivity index is 2.77. The summed E-state index contributed by atoms with van der Waals surface area (Å²) in [5.41, 5.74) is 0.971. The van der Waals surface area contributed by atoms with E-state index in [0.29, 0.717) is 5.02 Å². The van der Waals surface area contributed by atoms with E-state index in [4.69, 9.17) is 11.6 Å². The fourth-order valence-electron chi connectivity index (χ4n) is 1.86. The first-order chi connectivity index (χ1) is 8.19. The van der Waals surface area contributed by atoms with Crippen LogP contribution in [0.3, 0.4) is 0 Å². The number of rotatable bonds is 7. The summed E-state index contributed by atoms with van der Waals surface area (Å²) < 4.78 is 13.0. The van der Waals surface area contributed by atoms with Crippen LogP contribution in [0.1, 0.15) is 37.8 Å². The molecule has 0 aromatic heterocycles. The minimum Gasteiger partial charge on any atom is -0.310 e. The highest BCUT2D eigenvalue weighted by molar-refractivity contribution is 6.31. The van der Waals surface area contributed by atoms with Gasteiger partial charge in [0.1, 0.15) is 5.82 Å². The minimum atomic E-state index is -0.292. The lowest BCUT2D eigenvalue weighted by Crippen LogP contribution is -2.21. The van der Waals surface area contributed by atoms with Crippen molar-refractivity contribution in [2.75, 3.05) is 6.54 Å². The van der Waals surface area contributed by atoms with Gasteiger partial charge in [-0.1, -0.05) is 30.7 Å². The average molecular weight is 256 g/mol. The molecule has 0 saturated carbocycles. The Morgan fingerprint density at radius 3 is 2.88 bits per heavy atom. The quantitative estimate of drug-likeness (QED) is 0.559. The van der Waals surface area contributed by atoms with E-state index in [0.717, 1.165) is 31.4 Å². The lowest BCUT2D eigenvalue weighted by atomic mass is 10.0. The third-order valence-electron chi connectivity index (χ3n) is 2.69. The molecule has 0 heterocycles. The Morgan fingerprint density at radius 2 is 2.29 bits per heavy atom. The van der Waals surface area contributed by atoms with Crippen LogP contribution >= 0.6 is 11.6 Å². The average Bonchev–Trinajstić information content (AvgIpc) is 2.28. The summed E-state index contributed by atoms with van der Waals surface area (Å²) in [5.74, 6) is -0.292. The third kappa shape index (κ3) is 4.49. The zero-order valence-corrected chi connectivity index (χ0v) is 10.9. The van der Waals surface area contributed by atoms with Crippen molar-refractivity contribution in [3.8, 4) is 0 Å². The molecule has 0 amide bonds. The van der Waals surface area contributed by atoms with Gasteiger partial charge in [-0.3, -0.25) is 0 Å². The molecular weight excluding hydrogens is 237 g/mol. The summed E-state index contributed by atoms with van der Waals surface area (Å²) >= 11 is 6.07. The van der Waals surface area contributed by atoms with Gasteiger partial charge in [0, 0.05) is 11.1 Å². The topological polar surface area (TPSA) is 12.0 Å². The standard InChI is InChI=1S/C14H19ClFN/c1-3-5-6-7-14(17-4-2)12-9-8-11(16)10-13(12)15/h3,8-10,14,17H,1,4-7H2,2H3. The molecule has 3 heteroatoms. The van der Waals surface area contributed by atoms with Crippen molar-refractivity contribution < 1.29 is 4.39 Å². The molecule has 0 fully saturated rings. The van der Waals surface area contributed by atoms with Crippen molar-refractivity contribution >= 4 is 11.6 Å². The van der Waals surface area contributed by atoms with Crippen LogP contribution in [-0.2, 0) is 0 Å². The normalized spacial score (nSPS) is 12.4. The Kier molecular flexibility index (Phi) is 6.23. The molecular formula is C14H19ClFN. The highest BCUT2D eigenvalue weighted by atomic mass is 35.5. The van der Waals surface area contributed by atoms with E-state index in [1.807, 2.05) is 6.08 Å². The Labute approximate surface area is 108 Å². The van der Waals surface area contributed by atoms with Gasteiger partial charge in [-0.25, -0.2) is 4.39 Å². The molecule has 0 spiro atoms. The minimum absolute atomic E-state index is 0.188. The molecule has 1 aromatic rings. The second-order valence-corrected chi connectivity index (χ2v) is 4.40. The predicted molar refractivity (Wildman–Crippen MR) is 71.9 cm³/mol. The number of hydrogen-bond acceptors (Lipinski definition) is 1. The molecule has 1 nitrogen and oxygen atoms in total. The molecule has 1 aromatic carbocycles. The number of unbranched alkanes of at least 4 members (excludes halogenated alkanes) is 1. The SMILES string of the molecule is C=CCCCC(NCC)c1ccc(F)cc1Cl. The van der Waals surface area contributed by atoms with Crippen molar-refractivity contribution in [3.05, 3.63) is 47.3 Å². The van der Waals surface area contributed by atoms with Crippen LogP contribution in [0.5, 0.6) is 0 Å². The van der Waals surface area contributed by atoms with Crippen LogP contribution in [-0.4, -0.2) is 6.54 Å². The number of nitrogens with one attached hydrogen (secondary N) is 1. The van der Waals surface area contributed by atoms with Gasteiger partial charge in [0.25, 0.3) is 0 Å². The summed E-state index contributed by atoms with van der Waals surface area (Å²) in [6.07, 6.45) is 4.93. The molecule has 0 aliphatic carbocycles. The third-order valence-corrected chi connectivity index (χ3v) is 3.02. The largest absolute Gasteiger partial charge is 0.310 e. The monoisotopic (exact) mass is 255 g/mol. The first-order valence-corrected chi connectivity index (χ1v) is 6.36. The fraction of sp³-hybridized carbons (Fsp3) is 0.429. The second-order valence-electron chi connectivity index (χ2n) is 4.00. The Bertz CT molecular complexity index is 365. The molecule has 0 bridgehead atoms. The van der Waals surface area contributed by atoms with Crippen molar-refractivity contribution in [1.82, 2.24) is 5.32 Å². The van der Waals surface area contributed by atoms with Crippen molar-refractivity contribution in [2.45, 2.75) is 32.2 Å². The van der Waals surface area contributed by atoms with Crippen molar-refractivity contribution in [1.29, 1.82) is 0 Å². The predicted octanol–water partition coefficient (Wildman–Crippen LogP) is 4.49. The summed E-state index contributed by atoms with van der Waals surface area (Å²) in [6.45, 7) is 6.63. The van der Waals surface area contributed by atoms with Gasteiger partial charge in [0.2, 0.25) is 0 Å². The van der Waals surface area contributed by atoms with E-state index in [1.165, 1.54) is 12.1 Å². The lowest BCUT2D eigenvalue weighted by molar-refractivity contribution is 0.499. The number of benzene rings is 1. The lowest BCUT2D eigenvalue weighted by Gasteiger charge is -2.19. The molecule has 1 N–H and O–H groups in total. The molecule has 1 unspecified atom stereocenters. The van der Waals surface area contributed by atoms with Gasteiger partial charge in [-0.15, -0.1) is 6.58 Å². The van der Waals surface area contributed by atoms with E-state index in [1.54, 1.807) is 6.07 Å². The van der Waals surface area contributed by atoms with Crippen LogP contribution in [0, 0.1) is 5.82 Å². The van der Waals surface area contributed by atoms with Crippen molar-refractivity contribution in [3.63, 3.8) is 0 Å². The maximum Gasteiger partial charge on any atom is 0.124 e. The van der Waals surface area contributed by atoms with Gasteiger partial charge >= 0.3 is 0 Å². The first-order valence-electron chi connectivity index (χ1n) is 5.98. The van der Waals surface area contributed by atoms with Gasteiger partial charge in [0.15, 0.2) is 0 Å². The van der Waals surface area contributed by atoms with Gasteiger partial charge < -0.3 is 5.32 Å². The van der Waals surface area contributed by atoms with Crippen LogP contribution in [0.2, 0.25) is 5.02 Å². The smallest absolute Gasteiger partial charge is 0.124 e. The van der Waals surface area contributed by atoms with Crippen LogP contribution in [0.15, 0.2) is 30.9 Å². The summed E-state index contributed by atoms with van der Waals surface area (Å²) in [6, 6.07) is 4.78. The highest BCUT2D eigenvalue weighted by Gasteiger charge is 2.13. The van der Waals surface area contributed by atoms with Crippen molar-refractivity contribution in [2.24, 2.45) is 0 Å². The zero-order chi connectivity index (χ0) is 12.7. The van der Waals surface area contributed by atoms with E-state index >= 15 is 0 Å². The maximum atomic E-state index is 13.0. The van der Waals surface area contributed by atoms with E-state index < -0.39 is 0 Å². The molecule has 17 heavy (non-hydrogen) atoms. The highest BCUT2D eigenvalue weighted by Crippen LogP contribution is 2.27. The van der Waals surface area contributed by atoms with Crippen LogP contribution in [0.25, 0.3) is 0 Å². The first kappa shape index (κ1) is 14.2. The molecule has 0 saturated heterocycles. The molecule has 0 aliphatic heterocycles. The second kappa shape index (κ2) is 7.46. The van der Waals surface area contributed by atoms with Gasteiger partial charge in [-0.05, 0) is 43.5 Å². The maximum absolute atomic E-state index is 13.0. The number of halogens is 2. The molecule has 1 rings (SSSR count). The van der Waals surface area contributed by atoms with E-state index in [-0.39, 0.29) is 11.9 Å². The van der Waals surface area contributed by atoms with Crippen LogP contribution in [0.4, 0.5) is 4.39 Å². The number of allylic oxidation sites excluding steroid dienone is 1. The Hall–Kier alpha value is -0.860. The summed E-state index contributed by atoms with van der Waals surface area (Å²) in [7, 11) is 0. The molecule has 1 atom stereocenters. The summed E-state index contributed by atoms with van der Waals surface area (Å²) in [4.78, 5) is 0.